The van der Waals surface area contributed by atoms with Gasteiger partial charge in [-0.15, -0.1) is 24.0 Å². The van der Waals surface area contributed by atoms with E-state index in [-0.39, 0.29) is 47.9 Å². The van der Waals surface area contributed by atoms with E-state index in [9.17, 15) is 13.2 Å². The molecule has 1 fully saturated rings. The summed E-state index contributed by atoms with van der Waals surface area (Å²) in [5, 5.41) is 6.53. The average molecular weight is 562 g/mol. The number of anilines is 1. The number of hydrogen-bond acceptors (Lipinski definition) is 4. The Morgan fingerprint density at radius 2 is 1.88 bits per heavy atom. The Morgan fingerprint density at radius 3 is 2.50 bits per heavy atom. The molecule has 32 heavy (non-hydrogen) atoms. The third kappa shape index (κ3) is 6.47. The lowest BCUT2D eigenvalue weighted by Crippen LogP contribution is -2.45. The van der Waals surface area contributed by atoms with Crippen LogP contribution in [0.5, 0.6) is 0 Å². The monoisotopic (exact) mass is 562 g/mol. The molecule has 2 N–H and O–H groups in total. The molecule has 176 valence electrons. The van der Waals surface area contributed by atoms with Crippen molar-refractivity contribution in [3.8, 4) is 0 Å². The summed E-state index contributed by atoms with van der Waals surface area (Å²) in [5.74, 6) is -0.619. The van der Waals surface area contributed by atoms with Crippen molar-refractivity contribution in [2.24, 2.45) is 4.99 Å². The number of hydrogen-bond donors (Lipinski definition) is 2. The number of aromatic nitrogens is 1. The summed E-state index contributed by atoms with van der Waals surface area (Å²) < 4.78 is 42.7. The highest BCUT2D eigenvalue weighted by Gasteiger charge is 2.26. The first-order valence-corrected chi connectivity index (χ1v) is 10.4. The molecule has 0 spiro atoms. The van der Waals surface area contributed by atoms with Gasteiger partial charge in [-0.3, -0.25) is 4.99 Å². The van der Waals surface area contributed by atoms with Crippen LogP contribution in [0.2, 0.25) is 0 Å². The van der Waals surface area contributed by atoms with Gasteiger partial charge in [-0.05, 0) is 51.7 Å². The van der Waals surface area contributed by atoms with E-state index in [1.165, 1.54) is 24.3 Å². The van der Waals surface area contributed by atoms with Crippen molar-refractivity contribution >= 4 is 35.8 Å². The summed E-state index contributed by atoms with van der Waals surface area (Å²) in [6.07, 6.45) is 2.37. The minimum absolute atomic E-state index is 0. The zero-order valence-electron chi connectivity index (χ0n) is 18.5. The maximum atomic E-state index is 14.3. The molecule has 0 bridgehead atoms. The first-order chi connectivity index (χ1) is 14.9. The zero-order chi connectivity index (χ0) is 22.4. The van der Waals surface area contributed by atoms with E-state index < -0.39 is 17.7 Å². The number of nitrogens with zero attached hydrogens (tertiary/aromatic N) is 4. The van der Waals surface area contributed by atoms with Crippen LogP contribution >= 0.6 is 24.0 Å². The van der Waals surface area contributed by atoms with E-state index in [4.69, 9.17) is 0 Å². The quantitative estimate of drug-likeness (QED) is 0.307. The van der Waals surface area contributed by atoms with E-state index in [1.54, 1.807) is 31.3 Å². The third-order valence-corrected chi connectivity index (χ3v) is 5.29. The minimum Gasteiger partial charge on any atom is -0.357 e. The van der Waals surface area contributed by atoms with E-state index in [0.717, 1.165) is 6.42 Å². The third-order valence-electron chi connectivity index (χ3n) is 5.29. The summed E-state index contributed by atoms with van der Waals surface area (Å²) in [5.41, 5.74) is 0.00441. The average Bonchev–Trinajstić information content (AvgIpc) is 3.18. The van der Waals surface area contributed by atoms with Crippen LogP contribution in [-0.4, -0.2) is 62.2 Å². The standard InChI is InChI=1S/C22H29F3N6.HI/c1-4-26-22(28-13-19(30(2)3)20-16(23)7-5-8-17(20)24)29-15-10-12-31(14-15)21-18(25)9-6-11-27-21;/h5-9,11,15,19H,4,10,12-14H2,1-3H3,(H2,26,28,29);1H. The van der Waals surface area contributed by atoms with Crippen LogP contribution in [0.4, 0.5) is 19.0 Å². The second-order valence-corrected chi connectivity index (χ2v) is 7.72. The molecule has 2 atom stereocenters. The Bertz CT molecular complexity index is 891. The van der Waals surface area contributed by atoms with Crippen LogP contribution in [0.15, 0.2) is 41.5 Å². The Balaban J connectivity index is 0.00000363. The van der Waals surface area contributed by atoms with Crippen LogP contribution in [-0.2, 0) is 0 Å². The molecule has 6 nitrogen and oxygen atoms in total. The van der Waals surface area contributed by atoms with E-state index >= 15 is 0 Å². The van der Waals surface area contributed by atoms with E-state index in [0.29, 0.717) is 31.4 Å². The summed E-state index contributed by atoms with van der Waals surface area (Å²) >= 11 is 0. The van der Waals surface area contributed by atoms with Crippen molar-refractivity contribution in [2.45, 2.75) is 25.4 Å². The lowest BCUT2D eigenvalue weighted by Gasteiger charge is -2.25. The second-order valence-electron chi connectivity index (χ2n) is 7.72. The van der Waals surface area contributed by atoms with Crippen molar-refractivity contribution in [3.05, 3.63) is 59.5 Å². The van der Waals surface area contributed by atoms with Crippen LogP contribution in [0, 0.1) is 17.5 Å². The predicted octanol–water partition coefficient (Wildman–Crippen LogP) is 3.55. The molecule has 0 radical (unpaired) electrons. The van der Waals surface area contributed by atoms with Gasteiger partial charge < -0.3 is 20.4 Å². The lowest BCUT2D eigenvalue weighted by molar-refractivity contribution is 0.290. The fraction of sp³-hybridized carbons (Fsp3) is 0.455. The van der Waals surface area contributed by atoms with Crippen molar-refractivity contribution < 1.29 is 13.2 Å². The molecule has 3 rings (SSSR count). The summed E-state index contributed by atoms with van der Waals surface area (Å²) in [4.78, 5) is 12.4. The second kappa shape index (κ2) is 12.2. The molecule has 0 saturated carbocycles. The van der Waals surface area contributed by atoms with E-state index in [2.05, 4.69) is 20.6 Å². The molecular weight excluding hydrogens is 532 g/mol. The number of guanidine groups is 1. The number of aliphatic imine (C=N–C) groups is 1. The van der Waals surface area contributed by atoms with Crippen molar-refractivity contribution in [3.63, 3.8) is 0 Å². The predicted molar refractivity (Wildman–Crippen MR) is 132 cm³/mol. The van der Waals surface area contributed by atoms with Gasteiger partial charge in [0.15, 0.2) is 17.6 Å². The molecule has 0 aliphatic carbocycles. The maximum absolute atomic E-state index is 14.3. The molecule has 1 aliphatic heterocycles. The smallest absolute Gasteiger partial charge is 0.191 e. The molecule has 2 aromatic rings. The number of rotatable bonds is 7. The summed E-state index contributed by atoms with van der Waals surface area (Å²) in [6, 6.07) is 6.32. The highest BCUT2D eigenvalue weighted by Crippen LogP contribution is 2.25. The van der Waals surface area contributed by atoms with Gasteiger partial charge >= 0.3 is 0 Å². The zero-order valence-corrected chi connectivity index (χ0v) is 20.8. The fourth-order valence-electron chi connectivity index (χ4n) is 3.71. The lowest BCUT2D eigenvalue weighted by atomic mass is 10.0. The van der Waals surface area contributed by atoms with Crippen LogP contribution in [0.3, 0.4) is 0 Å². The summed E-state index contributed by atoms with van der Waals surface area (Å²) in [7, 11) is 3.53. The highest BCUT2D eigenvalue weighted by molar-refractivity contribution is 14.0. The van der Waals surface area contributed by atoms with Crippen LogP contribution in [0.25, 0.3) is 0 Å². The van der Waals surface area contributed by atoms with E-state index in [1.807, 2.05) is 11.8 Å². The molecule has 1 aromatic heterocycles. The Kier molecular flexibility index (Phi) is 10.0. The van der Waals surface area contributed by atoms with Crippen molar-refractivity contribution in [2.75, 3.05) is 45.2 Å². The topological polar surface area (TPSA) is 55.8 Å². The summed E-state index contributed by atoms with van der Waals surface area (Å²) in [6.45, 7) is 4.01. The molecule has 1 saturated heterocycles. The van der Waals surface area contributed by atoms with Gasteiger partial charge in [0.25, 0.3) is 0 Å². The Morgan fingerprint density at radius 1 is 1.19 bits per heavy atom. The van der Waals surface area contributed by atoms with Gasteiger partial charge in [-0.25, -0.2) is 18.2 Å². The number of likely N-dealkylation sites (N-methyl/N-ethyl adjacent to an activating group) is 1. The number of halogens is 4. The van der Waals surface area contributed by atoms with Gasteiger partial charge in [0.1, 0.15) is 11.6 Å². The normalized spacial score (nSPS) is 17.3. The Hall–Kier alpha value is -2.08. The number of pyridine rings is 1. The van der Waals surface area contributed by atoms with Gasteiger partial charge in [-0.2, -0.15) is 0 Å². The molecule has 1 aliphatic rings. The first kappa shape index (κ1) is 26.2. The minimum atomic E-state index is -0.587. The molecule has 2 heterocycles. The van der Waals surface area contributed by atoms with Crippen molar-refractivity contribution in [1.82, 2.24) is 20.5 Å². The molecule has 0 amide bonds. The SMILES string of the molecule is CCNC(=NCC(c1c(F)cccc1F)N(C)C)NC1CCN(c2ncccc2F)C1.I. The molecule has 1 aromatic carbocycles. The highest BCUT2D eigenvalue weighted by atomic mass is 127. The largest absolute Gasteiger partial charge is 0.357 e. The number of benzene rings is 1. The van der Waals surface area contributed by atoms with Gasteiger partial charge in [-0.1, -0.05) is 6.07 Å². The van der Waals surface area contributed by atoms with Gasteiger partial charge in [0.2, 0.25) is 0 Å². The first-order valence-electron chi connectivity index (χ1n) is 10.4. The molecular formula is C22H30F3IN6. The van der Waals surface area contributed by atoms with Crippen LogP contribution in [0.1, 0.15) is 24.9 Å². The number of nitrogens with one attached hydrogen (secondary N) is 2. The Labute approximate surface area is 204 Å². The van der Waals surface area contributed by atoms with Crippen molar-refractivity contribution in [1.29, 1.82) is 0 Å². The van der Waals surface area contributed by atoms with Gasteiger partial charge in [0, 0.05) is 37.4 Å². The van der Waals surface area contributed by atoms with Gasteiger partial charge in [0.05, 0.1) is 12.6 Å². The maximum Gasteiger partial charge on any atom is 0.191 e. The molecule has 10 heteroatoms. The fourth-order valence-corrected chi connectivity index (χ4v) is 3.71. The molecule has 2 unspecified atom stereocenters. The van der Waals surface area contributed by atoms with Crippen LogP contribution < -0.4 is 15.5 Å².